The largest absolute Gasteiger partial charge is 0.330 e. The first-order valence-electron chi connectivity index (χ1n) is 6.59. The van der Waals surface area contributed by atoms with Gasteiger partial charge in [0.15, 0.2) is 9.84 Å². The quantitative estimate of drug-likeness (QED) is 0.915. The van der Waals surface area contributed by atoms with E-state index in [0.717, 1.165) is 35.7 Å². The van der Waals surface area contributed by atoms with E-state index in [1.807, 2.05) is 6.07 Å². The fourth-order valence-corrected chi connectivity index (χ4v) is 4.25. The van der Waals surface area contributed by atoms with Gasteiger partial charge in [-0.1, -0.05) is 35.2 Å². The van der Waals surface area contributed by atoms with Crippen LogP contribution in [0.1, 0.15) is 37.7 Å². The standard InChI is InChI=1S/C14H20BrNO2S/c1-19(17,18)13-8-11(7-12(15)9-13)14(10-16)5-3-2-4-6-14/h7-9H,2-6,10,16H2,1H3. The van der Waals surface area contributed by atoms with Crippen molar-refractivity contribution in [2.24, 2.45) is 5.73 Å². The fourth-order valence-electron chi connectivity index (χ4n) is 2.92. The zero-order valence-electron chi connectivity index (χ0n) is 11.2. The van der Waals surface area contributed by atoms with E-state index in [1.165, 1.54) is 12.7 Å². The highest BCUT2D eigenvalue weighted by atomic mass is 79.9. The predicted molar refractivity (Wildman–Crippen MR) is 81.1 cm³/mol. The molecule has 0 saturated heterocycles. The molecule has 1 fully saturated rings. The molecule has 106 valence electrons. The molecule has 1 saturated carbocycles. The molecular formula is C14H20BrNO2S. The van der Waals surface area contributed by atoms with Gasteiger partial charge in [-0.3, -0.25) is 0 Å². The maximum absolute atomic E-state index is 11.8. The van der Waals surface area contributed by atoms with Crippen LogP contribution in [-0.4, -0.2) is 21.2 Å². The molecule has 2 N–H and O–H groups in total. The number of hydrogen-bond donors (Lipinski definition) is 1. The third-order valence-corrected chi connectivity index (χ3v) is 5.66. The molecule has 1 aliphatic carbocycles. The number of nitrogens with two attached hydrogens (primary N) is 1. The first-order valence-corrected chi connectivity index (χ1v) is 9.27. The van der Waals surface area contributed by atoms with Crippen molar-refractivity contribution in [2.75, 3.05) is 12.8 Å². The Bertz CT molecular complexity index is 563. The summed E-state index contributed by atoms with van der Waals surface area (Å²) in [5, 5.41) is 0. The van der Waals surface area contributed by atoms with E-state index < -0.39 is 9.84 Å². The minimum absolute atomic E-state index is 0.0541. The van der Waals surface area contributed by atoms with E-state index in [1.54, 1.807) is 12.1 Å². The lowest BCUT2D eigenvalue weighted by Gasteiger charge is -2.37. The van der Waals surface area contributed by atoms with Crippen LogP contribution in [0.5, 0.6) is 0 Å². The molecule has 0 bridgehead atoms. The monoisotopic (exact) mass is 345 g/mol. The normalized spacial score (nSPS) is 19.3. The maximum atomic E-state index is 11.8. The smallest absolute Gasteiger partial charge is 0.175 e. The summed E-state index contributed by atoms with van der Waals surface area (Å²) in [6.45, 7) is 0.576. The van der Waals surface area contributed by atoms with Gasteiger partial charge in [-0.15, -0.1) is 0 Å². The topological polar surface area (TPSA) is 60.2 Å². The lowest BCUT2D eigenvalue weighted by atomic mass is 9.69. The summed E-state index contributed by atoms with van der Waals surface area (Å²) >= 11 is 3.42. The van der Waals surface area contributed by atoms with Gasteiger partial charge in [-0.25, -0.2) is 8.42 Å². The van der Waals surface area contributed by atoms with Crippen LogP contribution < -0.4 is 5.73 Å². The van der Waals surface area contributed by atoms with E-state index in [-0.39, 0.29) is 5.41 Å². The van der Waals surface area contributed by atoms with E-state index >= 15 is 0 Å². The molecule has 0 spiro atoms. The Morgan fingerprint density at radius 1 is 1.21 bits per heavy atom. The minimum atomic E-state index is -3.19. The summed E-state index contributed by atoms with van der Waals surface area (Å²) in [4.78, 5) is 0.371. The van der Waals surface area contributed by atoms with Crippen molar-refractivity contribution in [1.29, 1.82) is 0 Å². The van der Waals surface area contributed by atoms with Gasteiger partial charge in [0.1, 0.15) is 0 Å². The molecule has 5 heteroatoms. The highest BCUT2D eigenvalue weighted by molar-refractivity contribution is 9.10. The van der Waals surface area contributed by atoms with Crippen LogP contribution in [0.4, 0.5) is 0 Å². The number of hydrogen-bond acceptors (Lipinski definition) is 3. The molecule has 19 heavy (non-hydrogen) atoms. The van der Waals surface area contributed by atoms with Crippen molar-refractivity contribution in [3.8, 4) is 0 Å². The van der Waals surface area contributed by atoms with Gasteiger partial charge in [0.2, 0.25) is 0 Å². The van der Waals surface area contributed by atoms with Gasteiger partial charge < -0.3 is 5.73 Å². The fraction of sp³-hybridized carbons (Fsp3) is 0.571. The van der Waals surface area contributed by atoms with E-state index in [4.69, 9.17) is 5.73 Å². The second-order valence-corrected chi connectivity index (χ2v) is 8.42. The van der Waals surface area contributed by atoms with Gasteiger partial charge in [-0.2, -0.15) is 0 Å². The Labute approximate surface area is 123 Å². The van der Waals surface area contributed by atoms with E-state index in [0.29, 0.717) is 11.4 Å². The van der Waals surface area contributed by atoms with Crippen LogP contribution in [0, 0.1) is 0 Å². The molecule has 0 aliphatic heterocycles. The lowest BCUT2D eigenvalue weighted by molar-refractivity contribution is 0.300. The summed E-state index contributed by atoms with van der Waals surface area (Å²) in [5.74, 6) is 0. The van der Waals surface area contributed by atoms with Crippen molar-refractivity contribution >= 4 is 25.8 Å². The zero-order chi connectivity index (χ0) is 14.1. The molecular weight excluding hydrogens is 326 g/mol. The Hall–Kier alpha value is -0.390. The van der Waals surface area contributed by atoms with Gasteiger partial charge in [0, 0.05) is 22.7 Å². The molecule has 0 radical (unpaired) electrons. The van der Waals surface area contributed by atoms with Gasteiger partial charge in [0.25, 0.3) is 0 Å². The van der Waals surface area contributed by atoms with Gasteiger partial charge in [-0.05, 0) is 36.6 Å². The summed E-state index contributed by atoms with van der Waals surface area (Å²) in [6.07, 6.45) is 6.91. The Balaban J connectivity index is 2.52. The summed E-state index contributed by atoms with van der Waals surface area (Å²) < 4.78 is 24.3. The molecule has 0 unspecified atom stereocenters. The predicted octanol–water partition coefficient (Wildman–Crippen LogP) is 3.01. The highest BCUT2D eigenvalue weighted by Crippen LogP contribution is 2.40. The number of benzene rings is 1. The molecule has 1 aromatic carbocycles. The molecule has 0 aromatic heterocycles. The molecule has 1 aromatic rings. The van der Waals surface area contributed by atoms with Crippen LogP contribution >= 0.6 is 15.9 Å². The molecule has 3 nitrogen and oxygen atoms in total. The van der Waals surface area contributed by atoms with Crippen molar-refractivity contribution < 1.29 is 8.42 Å². The minimum Gasteiger partial charge on any atom is -0.330 e. The summed E-state index contributed by atoms with van der Waals surface area (Å²) in [6, 6.07) is 5.48. The number of sulfone groups is 1. The van der Waals surface area contributed by atoms with E-state index in [2.05, 4.69) is 15.9 Å². The molecule has 1 aliphatic rings. The Kier molecular flexibility index (Phi) is 4.38. The third kappa shape index (κ3) is 3.20. The summed E-state index contributed by atoms with van der Waals surface area (Å²) in [7, 11) is -3.19. The first-order chi connectivity index (χ1) is 8.87. The average Bonchev–Trinajstić information content (AvgIpc) is 2.38. The van der Waals surface area contributed by atoms with Crippen molar-refractivity contribution in [2.45, 2.75) is 42.4 Å². The zero-order valence-corrected chi connectivity index (χ0v) is 13.6. The average molecular weight is 346 g/mol. The maximum Gasteiger partial charge on any atom is 0.175 e. The third-order valence-electron chi connectivity index (χ3n) is 4.11. The highest BCUT2D eigenvalue weighted by Gasteiger charge is 2.33. The number of rotatable bonds is 3. The SMILES string of the molecule is CS(=O)(=O)c1cc(Br)cc(C2(CN)CCCCC2)c1. The van der Waals surface area contributed by atoms with Gasteiger partial charge in [0.05, 0.1) is 4.90 Å². The Morgan fingerprint density at radius 3 is 2.37 bits per heavy atom. The Morgan fingerprint density at radius 2 is 1.84 bits per heavy atom. The van der Waals surface area contributed by atoms with Crippen LogP contribution in [0.2, 0.25) is 0 Å². The van der Waals surface area contributed by atoms with Gasteiger partial charge >= 0.3 is 0 Å². The van der Waals surface area contributed by atoms with Crippen molar-refractivity contribution in [3.05, 3.63) is 28.2 Å². The first kappa shape index (κ1) is 15.0. The van der Waals surface area contributed by atoms with Crippen LogP contribution in [-0.2, 0) is 15.3 Å². The van der Waals surface area contributed by atoms with Crippen molar-refractivity contribution in [1.82, 2.24) is 0 Å². The van der Waals surface area contributed by atoms with Crippen LogP contribution in [0.15, 0.2) is 27.6 Å². The van der Waals surface area contributed by atoms with E-state index in [9.17, 15) is 8.42 Å². The van der Waals surface area contributed by atoms with Crippen molar-refractivity contribution in [3.63, 3.8) is 0 Å². The number of halogens is 1. The lowest BCUT2D eigenvalue weighted by Crippen LogP contribution is -2.37. The van der Waals surface area contributed by atoms with Crippen LogP contribution in [0.25, 0.3) is 0 Å². The summed E-state index contributed by atoms with van der Waals surface area (Å²) in [5.41, 5.74) is 7.02. The van der Waals surface area contributed by atoms with Crippen LogP contribution in [0.3, 0.4) is 0 Å². The second kappa shape index (κ2) is 5.54. The molecule has 0 heterocycles. The molecule has 0 atom stereocenters. The second-order valence-electron chi connectivity index (χ2n) is 5.49. The molecule has 0 amide bonds. The molecule has 2 rings (SSSR count).